The molecule has 1 saturated carbocycles. The van der Waals surface area contributed by atoms with Crippen LogP contribution in [0.15, 0.2) is 42.7 Å². The lowest BCUT2D eigenvalue weighted by atomic mass is 10.0. The molecule has 1 aliphatic rings. The van der Waals surface area contributed by atoms with Gasteiger partial charge in [0.15, 0.2) is 0 Å². The lowest BCUT2D eigenvalue weighted by Gasteiger charge is -2.23. The van der Waals surface area contributed by atoms with Gasteiger partial charge in [0.1, 0.15) is 0 Å². The Kier molecular flexibility index (Phi) is 4.13. The van der Waals surface area contributed by atoms with E-state index in [1.807, 2.05) is 38.5 Å². The number of carbonyl (C=O) groups excluding carboxylic acids is 1. The van der Waals surface area contributed by atoms with Crippen LogP contribution in [0, 0.1) is 5.92 Å². The lowest BCUT2D eigenvalue weighted by Crippen LogP contribution is -2.39. The highest BCUT2D eigenvalue weighted by molar-refractivity contribution is 5.74. The zero-order chi connectivity index (χ0) is 15.5. The number of hydrogen-bond acceptors (Lipinski definition) is 2. The van der Waals surface area contributed by atoms with Gasteiger partial charge in [-0.05, 0) is 24.3 Å². The molecule has 1 N–H and O–H groups in total. The summed E-state index contributed by atoms with van der Waals surface area (Å²) in [6.07, 6.45) is 6.09. The monoisotopic (exact) mass is 298 g/mol. The molecule has 1 fully saturated rings. The third kappa shape index (κ3) is 3.47. The standard InChI is InChI=1S/C17H22N4O/c1-20(11-13-10-18-21(2)12-13)17(22)19-16(15-8-9-15)14-6-4-3-5-7-14/h3-7,10,12,15-16H,8-9,11H2,1-2H3,(H,19,22)/t16-/m0/s1. The maximum absolute atomic E-state index is 12.5. The molecule has 5 nitrogen and oxygen atoms in total. The predicted octanol–water partition coefficient (Wildman–Crippen LogP) is 2.71. The van der Waals surface area contributed by atoms with Crippen molar-refractivity contribution in [1.29, 1.82) is 0 Å². The minimum Gasteiger partial charge on any atom is -0.331 e. The molecule has 0 radical (unpaired) electrons. The van der Waals surface area contributed by atoms with Gasteiger partial charge in [-0.2, -0.15) is 5.10 Å². The van der Waals surface area contributed by atoms with Gasteiger partial charge < -0.3 is 10.2 Å². The normalized spacial score (nSPS) is 15.4. The molecular weight excluding hydrogens is 276 g/mol. The highest BCUT2D eigenvalue weighted by Gasteiger charge is 2.33. The van der Waals surface area contributed by atoms with E-state index in [9.17, 15) is 4.79 Å². The van der Waals surface area contributed by atoms with Crippen LogP contribution < -0.4 is 5.32 Å². The van der Waals surface area contributed by atoms with Crippen molar-refractivity contribution in [3.8, 4) is 0 Å². The van der Waals surface area contributed by atoms with Crippen LogP contribution in [0.2, 0.25) is 0 Å². The zero-order valence-corrected chi connectivity index (χ0v) is 13.1. The Labute approximate surface area is 130 Å². The Morgan fingerprint density at radius 3 is 2.73 bits per heavy atom. The van der Waals surface area contributed by atoms with E-state index in [1.165, 1.54) is 18.4 Å². The molecule has 1 heterocycles. The van der Waals surface area contributed by atoms with Gasteiger partial charge in [0.25, 0.3) is 0 Å². The van der Waals surface area contributed by atoms with E-state index < -0.39 is 0 Å². The number of amides is 2. The van der Waals surface area contributed by atoms with Gasteiger partial charge in [0.05, 0.1) is 18.8 Å². The number of aryl methyl sites for hydroxylation is 1. The van der Waals surface area contributed by atoms with Gasteiger partial charge in [-0.3, -0.25) is 4.68 Å². The lowest BCUT2D eigenvalue weighted by molar-refractivity contribution is 0.201. The maximum Gasteiger partial charge on any atom is 0.317 e. The number of carbonyl (C=O) groups is 1. The molecule has 0 aliphatic heterocycles. The number of nitrogens with zero attached hydrogens (tertiary/aromatic N) is 3. The number of nitrogens with one attached hydrogen (secondary N) is 1. The predicted molar refractivity (Wildman–Crippen MR) is 85.1 cm³/mol. The van der Waals surface area contributed by atoms with Gasteiger partial charge in [-0.25, -0.2) is 4.79 Å². The van der Waals surface area contributed by atoms with Gasteiger partial charge in [-0.1, -0.05) is 30.3 Å². The number of hydrogen-bond donors (Lipinski definition) is 1. The van der Waals surface area contributed by atoms with Crippen LogP contribution >= 0.6 is 0 Å². The van der Waals surface area contributed by atoms with E-state index in [4.69, 9.17) is 0 Å². The van der Waals surface area contributed by atoms with Crippen molar-refractivity contribution in [3.05, 3.63) is 53.9 Å². The summed E-state index contributed by atoms with van der Waals surface area (Å²) < 4.78 is 1.75. The molecule has 116 valence electrons. The van der Waals surface area contributed by atoms with Crippen LogP contribution in [0.4, 0.5) is 4.79 Å². The first kappa shape index (κ1) is 14.6. The first-order valence-corrected chi connectivity index (χ1v) is 7.67. The van der Waals surface area contributed by atoms with Gasteiger partial charge in [0.2, 0.25) is 0 Å². The number of urea groups is 1. The molecule has 0 bridgehead atoms. The average Bonchev–Trinajstić information content (AvgIpc) is 3.28. The first-order chi connectivity index (χ1) is 10.6. The Balaban J connectivity index is 1.63. The van der Waals surface area contributed by atoms with Crippen LogP contribution in [0.5, 0.6) is 0 Å². The summed E-state index contributed by atoms with van der Waals surface area (Å²) in [6, 6.07) is 10.3. The highest BCUT2D eigenvalue weighted by atomic mass is 16.2. The summed E-state index contributed by atoms with van der Waals surface area (Å²) in [5.74, 6) is 0.568. The molecule has 0 unspecified atom stereocenters. The van der Waals surface area contributed by atoms with Gasteiger partial charge in [0, 0.05) is 25.9 Å². The van der Waals surface area contributed by atoms with Crippen molar-refractivity contribution in [1.82, 2.24) is 20.0 Å². The van der Waals surface area contributed by atoms with E-state index in [2.05, 4.69) is 22.5 Å². The van der Waals surface area contributed by atoms with Crippen molar-refractivity contribution in [2.45, 2.75) is 25.4 Å². The summed E-state index contributed by atoms with van der Waals surface area (Å²) in [7, 11) is 3.69. The van der Waals surface area contributed by atoms with Crippen LogP contribution in [0.3, 0.4) is 0 Å². The van der Waals surface area contributed by atoms with Crippen LogP contribution in [0.25, 0.3) is 0 Å². The Morgan fingerprint density at radius 1 is 1.41 bits per heavy atom. The zero-order valence-electron chi connectivity index (χ0n) is 13.1. The molecule has 0 spiro atoms. The van der Waals surface area contributed by atoms with Crippen molar-refractivity contribution >= 4 is 6.03 Å². The quantitative estimate of drug-likeness (QED) is 0.922. The third-order valence-electron chi connectivity index (χ3n) is 4.06. The second kappa shape index (κ2) is 6.22. The molecule has 3 rings (SSSR count). The fourth-order valence-electron chi connectivity index (χ4n) is 2.71. The number of benzene rings is 1. The Morgan fingerprint density at radius 2 is 2.14 bits per heavy atom. The molecule has 2 aromatic rings. The summed E-state index contributed by atoms with van der Waals surface area (Å²) in [4.78, 5) is 14.2. The van der Waals surface area contributed by atoms with Crippen LogP contribution in [-0.4, -0.2) is 27.8 Å². The van der Waals surface area contributed by atoms with Crippen molar-refractivity contribution < 1.29 is 4.79 Å². The molecule has 1 atom stereocenters. The van der Waals surface area contributed by atoms with Crippen LogP contribution in [0.1, 0.15) is 30.0 Å². The molecule has 1 aromatic heterocycles. The summed E-state index contributed by atoms with van der Waals surface area (Å²) in [5, 5.41) is 7.32. The third-order valence-corrected chi connectivity index (χ3v) is 4.06. The number of rotatable bonds is 5. The second-order valence-electron chi connectivity index (χ2n) is 6.05. The highest BCUT2D eigenvalue weighted by Crippen LogP contribution is 2.40. The Hall–Kier alpha value is -2.30. The van der Waals surface area contributed by atoms with Crippen molar-refractivity contribution in [2.75, 3.05) is 7.05 Å². The fourth-order valence-corrected chi connectivity index (χ4v) is 2.71. The topological polar surface area (TPSA) is 50.2 Å². The molecule has 1 aromatic carbocycles. The average molecular weight is 298 g/mol. The van der Waals surface area contributed by atoms with E-state index in [0.29, 0.717) is 12.5 Å². The van der Waals surface area contributed by atoms with Crippen LogP contribution in [-0.2, 0) is 13.6 Å². The molecule has 1 aliphatic carbocycles. The van der Waals surface area contributed by atoms with E-state index >= 15 is 0 Å². The smallest absolute Gasteiger partial charge is 0.317 e. The minimum atomic E-state index is -0.0374. The van der Waals surface area contributed by atoms with E-state index in [-0.39, 0.29) is 12.1 Å². The molecular formula is C17H22N4O. The molecule has 0 saturated heterocycles. The fraction of sp³-hybridized carbons (Fsp3) is 0.412. The molecule has 5 heteroatoms. The second-order valence-corrected chi connectivity index (χ2v) is 6.05. The summed E-state index contributed by atoms with van der Waals surface area (Å²) in [6.45, 7) is 0.561. The van der Waals surface area contributed by atoms with E-state index in [0.717, 1.165) is 5.56 Å². The van der Waals surface area contributed by atoms with Gasteiger partial charge in [-0.15, -0.1) is 0 Å². The minimum absolute atomic E-state index is 0.0374. The summed E-state index contributed by atoms with van der Waals surface area (Å²) in [5.41, 5.74) is 2.22. The first-order valence-electron chi connectivity index (χ1n) is 7.67. The van der Waals surface area contributed by atoms with E-state index in [1.54, 1.807) is 15.8 Å². The molecule has 22 heavy (non-hydrogen) atoms. The SMILES string of the molecule is CN(Cc1cnn(C)c1)C(=O)N[C@@H](c1ccccc1)C1CC1. The van der Waals surface area contributed by atoms with Gasteiger partial charge >= 0.3 is 6.03 Å². The summed E-state index contributed by atoms with van der Waals surface area (Å²) >= 11 is 0. The Bertz CT molecular complexity index is 633. The molecule has 2 amide bonds. The largest absolute Gasteiger partial charge is 0.331 e. The van der Waals surface area contributed by atoms with Crippen molar-refractivity contribution in [2.24, 2.45) is 13.0 Å². The maximum atomic E-state index is 12.5. The number of aromatic nitrogens is 2. The van der Waals surface area contributed by atoms with Crippen molar-refractivity contribution in [3.63, 3.8) is 0 Å².